The maximum absolute atomic E-state index is 13.8. The Kier molecular flexibility index (Phi) is 3.99. The van der Waals surface area contributed by atoms with Crippen LogP contribution in [0.25, 0.3) is 0 Å². The minimum absolute atomic E-state index is 0.0205. The molecule has 1 N–H and O–H groups in total. The fraction of sp³-hybridized carbons (Fsp3) is 0.538. The summed E-state index contributed by atoms with van der Waals surface area (Å²) >= 11 is 0. The third-order valence-corrected chi connectivity index (χ3v) is 3.46. The standard InChI is InChI=1S/C13H15F4NO/c1-19-9-3-4-10(11(14)6-9)12-5-2-8(7-18-12)13(15,16)17/h3-4,6,8,12,18H,2,5,7H2,1H3. The number of hydrogen-bond donors (Lipinski definition) is 1. The zero-order valence-electron chi connectivity index (χ0n) is 10.4. The average molecular weight is 277 g/mol. The van der Waals surface area contributed by atoms with Gasteiger partial charge >= 0.3 is 6.18 Å². The normalized spacial score (nSPS) is 24.3. The number of benzene rings is 1. The Labute approximate surface area is 108 Å². The van der Waals surface area contributed by atoms with E-state index in [9.17, 15) is 17.6 Å². The molecule has 1 saturated heterocycles. The van der Waals surface area contributed by atoms with Crippen molar-refractivity contribution in [1.82, 2.24) is 5.32 Å². The molecule has 2 unspecified atom stereocenters. The van der Waals surface area contributed by atoms with Gasteiger partial charge in [-0.25, -0.2) is 4.39 Å². The van der Waals surface area contributed by atoms with Crippen molar-refractivity contribution in [3.05, 3.63) is 29.6 Å². The van der Waals surface area contributed by atoms with E-state index in [4.69, 9.17) is 4.74 Å². The average Bonchev–Trinajstić information content (AvgIpc) is 2.37. The van der Waals surface area contributed by atoms with Crippen LogP contribution in [0.2, 0.25) is 0 Å². The lowest BCUT2D eigenvalue weighted by atomic mass is 9.90. The molecule has 6 heteroatoms. The Bertz CT molecular complexity index is 439. The zero-order valence-corrected chi connectivity index (χ0v) is 10.4. The van der Waals surface area contributed by atoms with Gasteiger partial charge in [0.15, 0.2) is 0 Å². The fourth-order valence-electron chi connectivity index (χ4n) is 2.32. The van der Waals surface area contributed by atoms with Crippen molar-refractivity contribution in [3.8, 4) is 5.75 Å². The molecule has 0 radical (unpaired) electrons. The monoisotopic (exact) mass is 277 g/mol. The van der Waals surface area contributed by atoms with Crippen molar-refractivity contribution < 1.29 is 22.3 Å². The predicted molar refractivity (Wildman–Crippen MR) is 62.5 cm³/mol. The molecule has 0 bridgehead atoms. The summed E-state index contributed by atoms with van der Waals surface area (Å²) in [5, 5.41) is 2.77. The van der Waals surface area contributed by atoms with Gasteiger partial charge in [0.1, 0.15) is 11.6 Å². The van der Waals surface area contributed by atoms with Gasteiger partial charge in [0.25, 0.3) is 0 Å². The van der Waals surface area contributed by atoms with Gasteiger partial charge in [0.2, 0.25) is 0 Å². The van der Waals surface area contributed by atoms with Gasteiger partial charge in [-0.05, 0) is 18.9 Å². The van der Waals surface area contributed by atoms with Crippen LogP contribution in [-0.4, -0.2) is 19.8 Å². The molecule has 1 aromatic carbocycles. The van der Waals surface area contributed by atoms with Crippen LogP contribution in [0.15, 0.2) is 18.2 Å². The van der Waals surface area contributed by atoms with Crippen molar-refractivity contribution in [2.45, 2.75) is 25.1 Å². The first-order valence-corrected chi connectivity index (χ1v) is 6.05. The summed E-state index contributed by atoms with van der Waals surface area (Å²) in [4.78, 5) is 0. The number of rotatable bonds is 2. The first-order chi connectivity index (χ1) is 8.91. The summed E-state index contributed by atoms with van der Waals surface area (Å²) in [6.07, 6.45) is -3.89. The maximum Gasteiger partial charge on any atom is 0.393 e. The summed E-state index contributed by atoms with van der Waals surface area (Å²) in [6, 6.07) is 4.03. The van der Waals surface area contributed by atoms with Crippen LogP contribution in [0.4, 0.5) is 17.6 Å². The molecule has 1 heterocycles. The lowest BCUT2D eigenvalue weighted by Gasteiger charge is -2.31. The molecule has 0 aliphatic carbocycles. The number of ether oxygens (including phenoxy) is 1. The fourth-order valence-corrected chi connectivity index (χ4v) is 2.32. The molecular formula is C13H15F4NO. The van der Waals surface area contributed by atoms with E-state index in [1.165, 1.54) is 13.2 Å². The summed E-state index contributed by atoms with van der Waals surface area (Å²) in [5.41, 5.74) is 0.390. The third-order valence-electron chi connectivity index (χ3n) is 3.46. The van der Waals surface area contributed by atoms with Crippen LogP contribution >= 0.6 is 0 Å². The zero-order chi connectivity index (χ0) is 14.0. The molecule has 0 saturated carbocycles. The van der Waals surface area contributed by atoms with Crippen molar-refractivity contribution >= 4 is 0 Å². The molecule has 1 aromatic rings. The van der Waals surface area contributed by atoms with Crippen molar-refractivity contribution in [2.75, 3.05) is 13.7 Å². The maximum atomic E-state index is 13.8. The molecule has 0 aromatic heterocycles. The minimum Gasteiger partial charge on any atom is -0.497 e. The highest BCUT2D eigenvalue weighted by Gasteiger charge is 2.41. The molecule has 2 rings (SSSR count). The highest BCUT2D eigenvalue weighted by atomic mass is 19.4. The van der Waals surface area contributed by atoms with E-state index in [-0.39, 0.29) is 25.4 Å². The van der Waals surface area contributed by atoms with E-state index in [0.29, 0.717) is 11.3 Å². The van der Waals surface area contributed by atoms with Crippen molar-refractivity contribution in [1.29, 1.82) is 0 Å². The molecule has 1 aliphatic rings. The minimum atomic E-state index is -4.18. The van der Waals surface area contributed by atoms with Crippen LogP contribution in [0.1, 0.15) is 24.4 Å². The largest absolute Gasteiger partial charge is 0.497 e. The molecule has 0 amide bonds. The van der Waals surface area contributed by atoms with Crippen LogP contribution in [0.5, 0.6) is 5.75 Å². The topological polar surface area (TPSA) is 21.3 Å². The lowest BCUT2D eigenvalue weighted by Crippen LogP contribution is -2.40. The number of nitrogens with one attached hydrogen (secondary N) is 1. The predicted octanol–water partition coefficient (Wildman–Crippen LogP) is 3.44. The van der Waals surface area contributed by atoms with E-state index in [2.05, 4.69) is 5.32 Å². The van der Waals surface area contributed by atoms with Gasteiger partial charge in [-0.3, -0.25) is 0 Å². The van der Waals surface area contributed by atoms with Gasteiger partial charge < -0.3 is 10.1 Å². The highest BCUT2D eigenvalue weighted by Crippen LogP contribution is 2.36. The molecule has 2 nitrogen and oxygen atoms in total. The van der Waals surface area contributed by atoms with Gasteiger partial charge in [0.05, 0.1) is 13.0 Å². The number of alkyl halides is 3. The number of hydrogen-bond acceptors (Lipinski definition) is 2. The quantitative estimate of drug-likeness (QED) is 0.836. The Hall–Kier alpha value is -1.30. The van der Waals surface area contributed by atoms with E-state index in [1.54, 1.807) is 12.1 Å². The smallest absolute Gasteiger partial charge is 0.393 e. The number of halogens is 4. The van der Waals surface area contributed by atoms with Gasteiger partial charge in [-0.2, -0.15) is 13.2 Å². The van der Waals surface area contributed by atoms with Gasteiger partial charge in [0, 0.05) is 24.2 Å². The van der Waals surface area contributed by atoms with Crippen molar-refractivity contribution in [3.63, 3.8) is 0 Å². The first kappa shape index (κ1) is 14.1. The Balaban J connectivity index is 2.06. The number of methoxy groups -OCH3 is 1. The van der Waals surface area contributed by atoms with Crippen LogP contribution in [0, 0.1) is 11.7 Å². The van der Waals surface area contributed by atoms with Crippen molar-refractivity contribution in [2.24, 2.45) is 5.92 Å². The second-order valence-electron chi connectivity index (χ2n) is 4.66. The van der Waals surface area contributed by atoms with Crippen LogP contribution in [-0.2, 0) is 0 Å². The summed E-state index contributed by atoms with van der Waals surface area (Å²) < 4.78 is 56.3. The Morgan fingerprint density at radius 1 is 1.26 bits per heavy atom. The molecular weight excluding hydrogens is 262 g/mol. The first-order valence-electron chi connectivity index (χ1n) is 6.05. The number of piperidine rings is 1. The molecule has 106 valence electrons. The second-order valence-corrected chi connectivity index (χ2v) is 4.66. The summed E-state index contributed by atoms with van der Waals surface area (Å²) in [5.74, 6) is -1.41. The van der Waals surface area contributed by atoms with Crippen LogP contribution < -0.4 is 10.1 Å². The molecule has 19 heavy (non-hydrogen) atoms. The third kappa shape index (κ3) is 3.18. The van der Waals surface area contributed by atoms with E-state index < -0.39 is 17.9 Å². The molecule has 0 spiro atoms. The van der Waals surface area contributed by atoms with Crippen LogP contribution in [0.3, 0.4) is 0 Å². The highest BCUT2D eigenvalue weighted by molar-refractivity contribution is 5.31. The summed E-state index contributed by atoms with van der Waals surface area (Å²) in [6.45, 7) is -0.167. The summed E-state index contributed by atoms with van der Waals surface area (Å²) in [7, 11) is 1.43. The van der Waals surface area contributed by atoms with E-state index in [1.807, 2.05) is 0 Å². The second kappa shape index (κ2) is 5.36. The van der Waals surface area contributed by atoms with E-state index >= 15 is 0 Å². The van der Waals surface area contributed by atoms with Gasteiger partial charge in [-0.1, -0.05) is 6.07 Å². The lowest BCUT2D eigenvalue weighted by molar-refractivity contribution is -0.179. The molecule has 2 atom stereocenters. The van der Waals surface area contributed by atoms with E-state index in [0.717, 1.165) is 0 Å². The SMILES string of the molecule is COc1ccc(C2CCC(C(F)(F)F)CN2)c(F)c1. The molecule has 1 fully saturated rings. The van der Waals surface area contributed by atoms with Gasteiger partial charge in [-0.15, -0.1) is 0 Å². The molecule has 1 aliphatic heterocycles. The Morgan fingerprint density at radius 2 is 2.00 bits per heavy atom. The Morgan fingerprint density at radius 3 is 2.47 bits per heavy atom.